The highest BCUT2D eigenvalue weighted by Gasteiger charge is 2.37. The minimum absolute atomic E-state index is 0.101. The number of methoxy groups -OCH3 is 1. The largest absolute Gasteiger partial charge is 0.573 e. The molecule has 9 nitrogen and oxygen atoms in total. The number of amides is 1. The summed E-state index contributed by atoms with van der Waals surface area (Å²) < 4.78 is 58.3. The Morgan fingerprint density at radius 2 is 1.84 bits per heavy atom. The van der Waals surface area contributed by atoms with Gasteiger partial charge in [0.1, 0.15) is 23.0 Å². The Morgan fingerprint density at radius 3 is 2.51 bits per heavy atom. The van der Waals surface area contributed by atoms with E-state index in [1.807, 2.05) is 0 Å². The molecule has 3 N–H and O–H groups in total. The first-order valence-electron chi connectivity index (χ1n) is 11.3. The third-order valence-corrected chi connectivity index (χ3v) is 5.31. The van der Waals surface area contributed by atoms with Crippen LogP contribution in [0.4, 0.5) is 13.2 Å². The van der Waals surface area contributed by atoms with Gasteiger partial charge in [-0.2, -0.15) is 0 Å². The third-order valence-electron chi connectivity index (χ3n) is 5.06. The van der Waals surface area contributed by atoms with Crippen LogP contribution in [0.2, 0.25) is 5.02 Å². The molecule has 13 heteroatoms. The van der Waals surface area contributed by atoms with Gasteiger partial charge in [0.15, 0.2) is 0 Å². The van der Waals surface area contributed by atoms with Crippen LogP contribution in [-0.4, -0.2) is 64.0 Å². The first kappa shape index (κ1) is 28.2. The van der Waals surface area contributed by atoms with Gasteiger partial charge in [-0.05, 0) is 29.8 Å². The molecular formula is C24H28ClF3N4O5. The summed E-state index contributed by atoms with van der Waals surface area (Å²) in [5.41, 5.74) is 1.07. The average molecular weight is 545 g/mol. The number of carbonyl (C=O) groups is 1. The Hall–Kier alpha value is -3.35. The Kier molecular flexibility index (Phi) is 10.1. The first-order chi connectivity index (χ1) is 17.7. The van der Waals surface area contributed by atoms with E-state index in [4.69, 9.17) is 25.8 Å². The molecule has 0 aromatic heterocycles. The standard InChI is InChI=1S/C24H28ClF3N4O5/c1-29-21-20(22(33)30-10-11-35-13-12-34-2)32(15-16-6-8-17(25)9-7-16)23(31-21)36-18-4-3-5-19(14-18)37-24(26,27)28/h3-9,14,23,29,31H,10-13,15H2,1-2H3,(H,30,33). The number of rotatable bonds is 13. The number of nitrogens with zero attached hydrogens (tertiary/aromatic N) is 1. The molecule has 0 saturated heterocycles. The molecule has 0 bridgehead atoms. The molecule has 0 spiro atoms. The van der Waals surface area contributed by atoms with E-state index in [1.165, 1.54) is 18.2 Å². The Labute approximate surface area is 217 Å². The maximum absolute atomic E-state index is 13.2. The van der Waals surface area contributed by atoms with Crippen molar-refractivity contribution in [3.63, 3.8) is 0 Å². The number of hydrogen-bond donors (Lipinski definition) is 3. The molecular weight excluding hydrogens is 517 g/mol. The number of alkyl halides is 3. The van der Waals surface area contributed by atoms with E-state index in [1.54, 1.807) is 43.3 Å². The number of carbonyl (C=O) groups excluding carboxylic acids is 1. The topological polar surface area (TPSA) is 93.3 Å². The molecule has 37 heavy (non-hydrogen) atoms. The van der Waals surface area contributed by atoms with Crippen molar-refractivity contribution in [2.75, 3.05) is 40.5 Å². The summed E-state index contributed by atoms with van der Waals surface area (Å²) in [6, 6.07) is 12.2. The van der Waals surface area contributed by atoms with Crippen molar-refractivity contribution in [2.45, 2.75) is 19.3 Å². The maximum atomic E-state index is 13.2. The molecule has 1 heterocycles. The second-order valence-corrected chi connectivity index (χ2v) is 8.16. The average Bonchev–Trinajstić information content (AvgIpc) is 3.18. The highest BCUT2D eigenvalue weighted by molar-refractivity contribution is 6.30. The van der Waals surface area contributed by atoms with Crippen molar-refractivity contribution >= 4 is 17.5 Å². The highest BCUT2D eigenvalue weighted by Crippen LogP contribution is 2.29. The normalized spacial score (nSPS) is 15.4. The molecule has 0 aliphatic carbocycles. The van der Waals surface area contributed by atoms with Gasteiger partial charge in [-0.3, -0.25) is 4.79 Å². The van der Waals surface area contributed by atoms with E-state index in [9.17, 15) is 18.0 Å². The predicted molar refractivity (Wildman–Crippen MR) is 129 cm³/mol. The number of benzene rings is 2. The summed E-state index contributed by atoms with van der Waals surface area (Å²) in [6.07, 6.45) is -5.78. The summed E-state index contributed by atoms with van der Waals surface area (Å²) >= 11 is 6.01. The molecule has 1 atom stereocenters. The van der Waals surface area contributed by atoms with Crippen molar-refractivity contribution in [1.82, 2.24) is 20.9 Å². The lowest BCUT2D eigenvalue weighted by Gasteiger charge is -2.28. The molecule has 3 rings (SSSR count). The molecule has 0 saturated carbocycles. The van der Waals surface area contributed by atoms with Crippen LogP contribution in [0.5, 0.6) is 11.5 Å². The summed E-state index contributed by atoms with van der Waals surface area (Å²) in [5.74, 6) is -0.356. The van der Waals surface area contributed by atoms with Gasteiger partial charge >= 0.3 is 6.36 Å². The van der Waals surface area contributed by atoms with Crippen LogP contribution >= 0.6 is 11.6 Å². The number of hydrogen-bond acceptors (Lipinski definition) is 8. The van der Waals surface area contributed by atoms with E-state index in [-0.39, 0.29) is 31.1 Å². The monoisotopic (exact) mass is 544 g/mol. The summed E-state index contributed by atoms with van der Waals surface area (Å²) in [6.45, 7) is 1.60. The van der Waals surface area contributed by atoms with Crippen LogP contribution in [0.3, 0.4) is 0 Å². The molecule has 0 fully saturated rings. The van der Waals surface area contributed by atoms with Gasteiger partial charge in [-0.15, -0.1) is 13.2 Å². The van der Waals surface area contributed by atoms with Gasteiger partial charge in [0, 0.05) is 38.3 Å². The zero-order chi connectivity index (χ0) is 26.8. The van der Waals surface area contributed by atoms with Crippen molar-refractivity contribution in [1.29, 1.82) is 0 Å². The number of nitrogens with one attached hydrogen (secondary N) is 3. The van der Waals surface area contributed by atoms with Crippen molar-refractivity contribution < 1.29 is 36.9 Å². The zero-order valence-corrected chi connectivity index (χ0v) is 21.0. The fourth-order valence-corrected chi connectivity index (χ4v) is 3.57. The van der Waals surface area contributed by atoms with Gasteiger partial charge < -0.3 is 39.8 Å². The summed E-state index contributed by atoms with van der Waals surface area (Å²) in [4.78, 5) is 14.8. The molecule has 2 aromatic rings. The van der Waals surface area contributed by atoms with E-state index in [0.717, 1.165) is 11.6 Å². The van der Waals surface area contributed by atoms with Crippen LogP contribution in [0.25, 0.3) is 0 Å². The quantitative estimate of drug-likeness (QED) is 0.331. The Balaban J connectivity index is 1.79. The highest BCUT2D eigenvalue weighted by atomic mass is 35.5. The third kappa shape index (κ3) is 8.62. The van der Waals surface area contributed by atoms with Gasteiger partial charge in [-0.1, -0.05) is 29.8 Å². The van der Waals surface area contributed by atoms with E-state index < -0.39 is 24.4 Å². The van der Waals surface area contributed by atoms with E-state index in [0.29, 0.717) is 24.1 Å². The van der Waals surface area contributed by atoms with Gasteiger partial charge in [0.2, 0.25) is 0 Å². The summed E-state index contributed by atoms with van der Waals surface area (Å²) in [5, 5.41) is 9.36. The molecule has 2 aromatic carbocycles. The Morgan fingerprint density at radius 1 is 1.11 bits per heavy atom. The second-order valence-electron chi connectivity index (χ2n) is 7.73. The van der Waals surface area contributed by atoms with Crippen LogP contribution in [-0.2, 0) is 20.8 Å². The molecule has 1 amide bonds. The maximum Gasteiger partial charge on any atom is 0.573 e. The SMILES string of the molecule is CNC1=C(C(=O)NCCOCCOC)N(Cc2ccc(Cl)cc2)C(Oc2cccc(OC(F)(F)F)c2)N1. The minimum atomic E-state index is -4.84. The fraction of sp³-hybridized carbons (Fsp3) is 0.375. The summed E-state index contributed by atoms with van der Waals surface area (Å²) in [7, 11) is 3.20. The van der Waals surface area contributed by atoms with Crippen molar-refractivity contribution in [2.24, 2.45) is 0 Å². The zero-order valence-electron chi connectivity index (χ0n) is 20.2. The lowest BCUT2D eigenvalue weighted by molar-refractivity contribution is -0.274. The number of ether oxygens (including phenoxy) is 4. The lowest BCUT2D eigenvalue weighted by atomic mass is 10.2. The van der Waals surface area contributed by atoms with E-state index >= 15 is 0 Å². The van der Waals surface area contributed by atoms with Crippen molar-refractivity contribution in [3.05, 3.63) is 70.6 Å². The van der Waals surface area contributed by atoms with Crippen molar-refractivity contribution in [3.8, 4) is 11.5 Å². The van der Waals surface area contributed by atoms with Crippen LogP contribution in [0.1, 0.15) is 5.56 Å². The molecule has 1 aliphatic rings. The molecule has 0 radical (unpaired) electrons. The van der Waals surface area contributed by atoms with Gasteiger partial charge in [-0.25, -0.2) is 0 Å². The Bertz CT molecular complexity index is 1070. The number of halogens is 4. The van der Waals surface area contributed by atoms with Crippen LogP contribution < -0.4 is 25.4 Å². The fourth-order valence-electron chi connectivity index (χ4n) is 3.45. The molecule has 1 aliphatic heterocycles. The molecule has 1 unspecified atom stereocenters. The minimum Gasteiger partial charge on any atom is -0.452 e. The van der Waals surface area contributed by atoms with Crippen LogP contribution in [0, 0.1) is 0 Å². The smallest absolute Gasteiger partial charge is 0.452 e. The van der Waals surface area contributed by atoms with E-state index in [2.05, 4.69) is 20.7 Å². The lowest BCUT2D eigenvalue weighted by Crippen LogP contribution is -2.44. The first-order valence-corrected chi connectivity index (χ1v) is 11.6. The van der Waals surface area contributed by atoms with Gasteiger partial charge in [0.05, 0.1) is 19.8 Å². The molecule has 202 valence electrons. The van der Waals surface area contributed by atoms with Gasteiger partial charge in [0.25, 0.3) is 12.3 Å². The predicted octanol–water partition coefficient (Wildman–Crippen LogP) is 3.17. The van der Waals surface area contributed by atoms with Crippen LogP contribution in [0.15, 0.2) is 60.0 Å². The second kappa shape index (κ2) is 13.3.